The van der Waals surface area contributed by atoms with Crippen LogP contribution in [0.2, 0.25) is 0 Å². The topological polar surface area (TPSA) is 95.1 Å². The first-order valence-electron chi connectivity index (χ1n) is 10.4. The summed E-state index contributed by atoms with van der Waals surface area (Å²) in [4.78, 5) is 23.9. The second kappa shape index (κ2) is 15.7. The van der Waals surface area contributed by atoms with Crippen LogP contribution in [0.1, 0.15) is 18.9 Å². The van der Waals surface area contributed by atoms with Crippen molar-refractivity contribution >= 4 is 17.9 Å². The molecule has 32 heavy (non-hydrogen) atoms. The smallest absolute Gasteiger partial charge is 0.411 e. The molecule has 0 saturated heterocycles. The molecule has 2 amide bonds. The average molecular weight is 447 g/mol. The van der Waals surface area contributed by atoms with Gasteiger partial charge < -0.3 is 24.3 Å². The molecule has 176 valence electrons. The van der Waals surface area contributed by atoms with E-state index >= 15 is 0 Å². The Kier molecular flexibility index (Phi) is 13.2. The highest BCUT2D eigenvalue weighted by molar-refractivity contribution is 5.84. The van der Waals surface area contributed by atoms with E-state index in [9.17, 15) is 9.59 Å². The zero-order valence-corrected chi connectivity index (χ0v) is 18.8. The fraction of sp³-hybridized carbons (Fsp3) is 0.417. The third-order valence-electron chi connectivity index (χ3n) is 4.49. The minimum absolute atomic E-state index is 0.120. The Morgan fingerprint density at radius 1 is 0.938 bits per heavy atom. The van der Waals surface area contributed by atoms with Crippen LogP contribution in [0.3, 0.4) is 0 Å². The van der Waals surface area contributed by atoms with Crippen LogP contribution in [0, 0.1) is 5.41 Å². The second-order valence-electron chi connectivity index (χ2n) is 7.10. The van der Waals surface area contributed by atoms with Crippen LogP contribution in [0.4, 0.5) is 15.3 Å². The summed E-state index contributed by atoms with van der Waals surface area (Å²) in [5.74, 6) is 0. The molecule has 0 aliphatic rings. The summed E-state index contributed by atoms with van der Waals surface area (Å²) in [5.41, 5.74) is 0.864. The lowest BCUT2D eigenvalue weighted by atomic mass is 9.88. The SMILES string of the molecule is C=CCOCC(CC)(COCC=C)COC(=O)NCc1cccc(NC(=O)OCC=C)c1. The van der Waals surface area contributed by atoms with Gasteiger partial charge in [-0.15, -0.1) is 13.2 Å². The molecule has 0 aliphatic heterocycles. The van der Waals surface area contributed by atoms with Crippen molar-refractivity contribution in [2.24, 2.45) is 5.41 Å². The van der Waals surface area contributed by atoms with Crippen LogP contribution in [-0.2, 0) is 25.5 Å². The summed E-state index contributed by atoms with van der Waals surface area (Å²) < 4.78 is 21.6. The highest BCUT2D eigenvalue weighted by atomic mass is 16.6. The number of carbonyl (C=O) groups is 2. The number of benzene rings is 1. The van der Waals surface area contributed by atoms with Crippen molar-refractivity contribution in [1.29, 1.82) is 0 Å². The lowest BCUT2D eigenvalue weighted by molar-refractivity contribution is -0.0461. The average Bonchev–Trinajstić information content (AvgIpc) is 2.80. The van der Waals surface area contributed by atoms with Crippen LogP contribution in [0.15, 0.2) is 62.2 Å². The lowest BCUT2D eigenvalue weighted by Gasteiger charge is -2.31. The van der Waals surface area contributed by atoms with Crippen LogP contribution in [0.5, 0.6) is 0 Å². The maximum atomic E-state index is 12.3. The lowest BCUT2D eigenvalue weighted by Crippen LogP contribution is -2.39. The minimum atomic E-state index is -0.581. The van der Waals surface area contributed by atoms with Gasteiger partial charge in [-0.3, -0.25) is 5.32 Å². The number of rotatable bonds is 16. The van der Waals surface area contributed by atoms with E-state index < -0.39 is 17.6 Å². The summed E-state index contributed by atoms with van der Waals surface area (Å²) in [7, 11) is 0. The molecule has 0 heterocycles. The van der Waals surface area contributed by atoms with Gasteiger partial charge in [-0.1, -0.05) is 43.9 Å². The van der Waals surface area contributed by atoms with Gasteiger partial charge in [0.15, 0.2) is 0 Å². The Labute approximate surface area is 190 Å². The highest BCUT2D eigenvalue weighted by Crippen LogP contribution is 2.24. The molecule has 0 saturated carbocycles. The number of anilines is 1. The number of hydrogen-bond acceptors (Lipinski definition) is 6. The fourth-order valence-corrected chi connectivity index (χ4v) is 2.64. The van der Waals surface area contributed by atoms with Gasteiger partial charge in [0.1, 0.15) is 13.2 Å². The number of alkyl carbamates (subject to hydrolysis) is 1. The van der Waals surface area contributed by atoms with Crippen molar-refractivity contribution in [2.75, 3.05) is 45.0 Å². The summed E-state index contributed by atoms with van der Waals surface area (Å²) in [5, 5.41) is 5.32. The van der Waals surface area contributed by atoms with E-state index in [1.165, 1.54) is 6.08 Å². The maximum Gasteiger partial charge on any atom is 0.411 e. The van der Waals surface area contributed by atoms with Crippen molar-refractivity contribution in [1.82, 2.24) is 5.32 Å². The van der Waals surface area contributed by atoms with Gasteiger partial charge in [-0.05, 0) is 24.1 Å². The third kappa shape index (κ3) is 10.8. The van der Waals surface area contributed by atoms with E-state index in [1.54, 1.807) is 30.4 Å². The van der Waals surface area contributed by atoms with Crippen molar-refractivity contribution < 1.29 is 28.5 Å². The molecule has 0 atom stereocenters. The molecule has 8 heteroatoms. The van der Waals surface area contributed by atoms with Crippen molar-refractivity contribution in [3.63, 3.8) is 0 Å². The molecule has 0 bridgehead atoms. The standard InChI is InChI=1S/C24H34N2O6/c1-5-12-29-17-24(8-4,18-30-13-6-2)19-32-22(27)25-16-20-10-9-11-21(15-20)26-23(28)31-14-7-3/h5-7,9-11,15H,1-3,8,12-14,16-19H2,4H3,(H,25,27)(H,26,28). The van der Waals surface area contributed by atoms with Gasteiger partial charge in [-0.25, -0.2) is 9.59 Å². The monoisotopic (exact) mass is 446 g/mol. The number of hydrogen-bond donors (Lipinski definition) is 2. The summed E-state index contributed by atoms with van der Waals surface area (Å²) in [6.07, 6.45) is 4.38. The van der Waals surface area contributed by atoms with Gasteiger partial charge in [-0.2, -0.15) is 0 Å². The largest absolute Gasteiger partial charge is 0.449 e. The van der Waals surface area contributed by atoms with Crippen molar-refractivity contribution in [3.05, 3.63) is 67.8 Å². The Hall–Kier alpha value is -3.10. The molecule has 0 spiro atoms. The zero-order valence-electron chi connectivity index (χ0n) is 18.8. The van der Waals surface area contributed by atoms with Gasteiger partial charge in [0.05, 0.1) is 31.8 Å². The third-order valence-corrected chi connectivity index (χ3v) is 4.49. The molecule has 0 unspecified atom stereocenters. The molecule has 8 nitrogen and oxygen atoms in total. The fourth-order valence-electron chi connectivity index (χ4n) is 2.64. The quantitative estimate of drug-likeness (QED) is 0.288. The van der Waals surface area contributed by atoms with E-state index in [1.807, 2.05) is 13.0 Å². The molecule has 1 aromatic rings. The first-order valence-corrected chi connectivity index (χ1v) is 10.4. The summed E-state index contributed by atoms with van der Waals surface area (Å²) in [6, 6.07) is 7.04. The molecule has 1 aromatic carbocycles. The predicted molar refractivity (Wildman–Crippen MR) is 125 cm³/mol. The van der Waals surface area contributed by atoms with Crippen molar-refractivity contribution in [3.8, 4) is 0 Å². The summed E-state index contributed by atoms with van der Waals surface area (Å²) >= 11 is 0. The van der Waals surface area contributed by atoms with Gasteiger partial charge in [0, 0.05) is 12.2 Å². The number of nitrogens with one attached hydrogen (secondary N) is 2. The number of amides is 2. The van der Waals surface area contributed by atoms with Crippen molar-refractivity contribution in [2.45, 2.75) is 19.9 Å². The maximum absolute atomic E-state index is 12.3. The van der Waals surface area contributed by atoms with E-state index in [0.717, 1.165) is 5.56 Å². The highest BCUT2D eigenvalue weighted by Gasteiger charge is 2.31. The Morgan fingerprint density at radius 2 is 1.59 bits per heavy atom. The number of carbonyl (C=O) groups excluding carboxylic acids is 2. The summed E-state index contributed by atoms with van der Waals surface area (Å²) in [6.45, 7) is 14.8. The molecule has 0 radical (unpaired) electrons. The van der Waals surface area contributed by atoms with Crippen LogP contribution in [0.25, 0.3) is 0 Å². The Balaban J connectivity index is 2.59. The molecule has 0 aromatic heterocycles. The zero-order chi connectivity index (χ0) is 23.7. The Morgan fingerprint density at radius 3 is 2.19 bits per heavy atom. The first-order chi connectivity index (χ1) is 15.5. The van der Waals surface area contributed by atoms with Crippen LogP contribution >= 0.6 is 0 Å². The minimum Gasteiger partial charge on any atom is -0.449 e. The van der Waals surface area contributed by atoms with Gasteiger partial charge in [0.25, 0.3) is 0 Å². The molecule has 0 aliphatic carbocycles. The molecule has 2 N–H and O–H groups in total. The van der Waals surface area contributed by atoms with E-state index in [-0.39, 0.29) is 19.8 Å². The molecular weight excluding hydrogens is 412 g/mol. The number of ether oxygens (including phenoxy) is 4. The second-order valence-corrected chi connectivity index (χ2v) is 7.10. The Bertz CT molecular complexity index is 736. The molecule has 1 rings (SSSR count). The van der Waals surface area contributed by atoms with E-state index in [2.05, 4.69) is 30.4 Å². The van der Waals surface area contributed by atoms with Gasteiger partial charge in [0.2, 0.25) is 0 Å². The van der Waals surface area contributed by atoms with Crippen LogP contribution < -0.4 is 10.6 Å². The molecule has 0 fully saturated rings. The molecular formula is C24H34N2O6. The van der Waals surface area contributed by atoms with Gasteiger partial charge >= 0.3 is 12.2 Å². The first kappa shape index (κ1) is 26.9. The van der Waals surface area contributed by atoms with Crippen LogP contribution in [-0.4, -0.2) is 51.8 Å². The normalized spacial score (nSPS) is 10.7. The predicted octanol–water partition coefficient (Wildman–Crippen LogP) is 4.45. The van der Waals surface area contributed by atoms with E-state index in [4.69, 9.17) is 18.9 Å². The van der Waals surface area contributed by atoms with E-state index in [0.29, 0.717) is 38.5 Å².